The maximum absolute atomic E-state index is 12.6. The van der Waals surface area contributed by atoms with Gasteiger partial charge in [0.25, 0.3) is 0 Å². The number of nitrogens with zero attached hydrogens (tertiary/aromatic N) is 1. The molecule has 0 aliphatic carbocycles. The molecule has 2 aromatic carbocycles. The zero-order valence-electron chi connectivity index (χ0n) is 15.6. The summed E-state index contributed by atoms with van der Waals surface area (Å²) < 4.78 is 5.54. The Morgan fingerprint density at radius 3 is 2.21 bits per heavy atom. The second kappa shape index (κ2) is 8.09. The molecule has 0 radical (unpaired) electrons. The fourth-order valence-corrected chi connectivity index (χ4v) is 4.45. The van der Waals surface area contributed by atoms with Gasteiger partial charge in [-0.2, -0.15) is 0 Å². The van der Waals surface area contributed by atoms with Crippen molar-refractivity contribution in [1.29, 1.82) is 0 Å². The molecule has 5 heteroatoms. The first-order valence-electron chi connectivity index (χ1n) is 8.93. The van der Waals surface area contributed by atoms with Gasteiger partial charge in [-0.3, -0.25) is 0 Å². The van der Waals surface area contributed by atoms with Gasteiger partial charge in [0.1, 0.15) is 16.5 Å². The topological polar surface area (TPSA) is 39.2 Å². The first kappa shape index (κ1) is 18.6. The summed E-state index contributed by atoms with van der Waals surface area (Å²) in [5.74, 6) is -0.310. The number of carbonyl (C=O) groups is 1. The van der Waals surface area contributed by atoms with Crippen LogP contribution < -0.4 is 0 Å². The summed E-state index contributed by atoms with van der Waals surface area (Å²) >= 11 is 2.96. The smallest absolute Gasteiger partial charge is 0.349 e. The van der Waals surface area contributed by atoms with E-state index in [0.717, 1.165) is 27.4 Å². The third-order valence-corrected chi connectivity index (χ3v) is 6.25. The number of carbonyl (C=O) groups excluding carboxylic acids is 1. The predicted molar refractivity (Wildman–Crippen MR) is 116 cm³/mol. The molecule has 3 nitrogen and oxygen atoms in total. The highest BCUT2D eigenvalue weighted by molar-refractivity contribution is 7.13. The molecule has 0 aliphatic heterocycles. The zero-order chi connectivity index (χ0) is 19.5. The largest absolute Gasteiger partial charge is 0.455 e. The number of hydrogen-bond donors (Lipinski definition) is 0. The molecule has 0 aliphatic rings. The molecule has 140 valence electrons. The molecular weight excluding hydrogens is 386 g/mol. The van der Waals surface area contributed by atoms with E-state index in [9.17, 15) is 4.79 Å². The van der Waals surface area contributed by atoms with Crippen molar-refractivity contribution >= 4 is 28.6 Å². The highest BCUT2D eigenvalue weighted by atomic mass is 32.1. The predicted octanol–water partition coefficient (Wildman–Crippen LogP) is 6.51. The van der Waals surface area contributed by atoms with E-state index in [2.05, 4.69) is 36.2 Å². The number of aryl methyl sites for hydroxylation is 2. The Kier molecular flexibility index (Phi) is 5.37. The quantitative estimate of drug-likeness (QED) is 0.355. The van der Waals surface area contributed by atoms with Crippen molar-refractivity contribution in [3.63, 3.8) is 0 Å². The third-order valence-electron chi connectivity index (χ3n) is 4.41. The maximum Gasteiger partial charge on any atom is 0.349 e. The molecule has 0 atom stereocenters. The van der Waals surface area contributed by atoms with Gasteiger partial charge in [-0.05, 0) is 30.9 Å². The summed E-state index contributed by atoms with van der Waals surface area (Å²) in [6.07, 6.45) is 0. The second-order valence-corrected chi connectivity index (χ2v) is 8.39. The molecule has 0 unspecified atom stereocenters. The van der Waals surface area contributed by atoms with Gasteiger partial charge in [-0.15, -0.1) is 22.7 Å². The standard InChI is InChI=1S/C23H19NO2S2/c1-15-3-7-17(8-4-15)20-11-12-27-21(20)23(25)26-13-19-14-28-22(24-19)18-9-5-16(2)6-10-18/h3-12,14H,13H2,1-2H3. The van der Waals surface area contributed by atoms with Gasteiger partial charge >= 0.3 is 5.97 Å². The van der Waals surface area contributed by atoms with E-state index < -0.39 is 0 Å². The van der Waals surface area contributed by atoms with Crippen LogP contribution in [0, 0.1) is 13.8 Å². The van der Waals surface area contributed by atoms with Crippen molar-refractivity contribution in [2.24, 2.45) is 0 Å². The van der Waals surface area contributed by atoms with Crippen LogP contribution in [0.2, 0.25) is 0 Å². The highest BCUT2D eigenvalue weighted by Gasteiger charge is 2.17. The lowest BCUT2D eigenvalue weighted by atomic mass is 10.1. The lowest BCUT2D eigenvalue weighted by molar-refractivity contribution is 0.0475. The van der Waals surface area contributed by atoms with Crippen molar-refractivity contribution in [3.8, 4) is 21.7 Å². The van der Waals surface area contributed by atoms with Gasteiger partial charge in [0.05, 0.1) is 5.69 Å². The van der Waals surface area contributed by atoms with Crippen LogP contribution in [0.4, 0.5) is 0 Å². The minimum absolute atomic E-state index is 0.173. The molecule has 2 heterocycles. The Balaban J connectivity index is 1.45. The molecule has 0 bridgehead atoms. The maximum atomic E-state index is 12.6. The first-order chi connectivity index (χ1) is 13.6. The van der Waals surface area contributed by atoms with E-state index in [-0.39, 0.29) is 12.6 Å². The third kappa shape index (κ3) is 4.06. The average molecular weight is 406 g/mol. The van der Waals surface area contributed by atoms with Crippen LogP contribution in [0.15, 0.2) is 65.4 Å². The number of hydrogen-bond acceptors (Lipinski definition) is 5. The van der Waals surface area contributed by atoms with Gasteiger partial charge in [-0.25, -0.2) is 9.78 Å². The van der Waals surface area contributed by atoms with Crippen LogP contribution in [0.3, 0.4) is 0 Å². The minimum atomic E-state index is -0.310. The van der Waals surface area contributed by atoms with Gasteiger partial charge < -0.3 is 4.74 Å². The van der Waals surface area contributed by atoms with Crippen LogP contribution in [-0.2, 0) is 11.3 Å². The van der Waals surface area contributed by atoms with E-state index in [1.54, 1.807) is 11.3 Å². The molecular formula is C23H19NO2S2. The molecule has 28 heavy (non-hydrogen) atoms. The van der Waals surface area contributed by atoms with Crippen molar-refractivity contribution in [3.05, 3.63) is 87.1 Å². The molecule has 0 saturated heterocycles. The zero-order valence-corrected chi connectivity index (χ0v) is 17.3. The number of aromatic nitrogens is 1. The van der Waals surface area contributed by atoms with Crippen LogP contribution in [0.5, 0.6) is 0 Å². The minimum Gasteiger partial charge on any atom is -0.455 e. The molecule has 0 spiro atoms. The summed E-state index contributed by atoms with van der Waals surface area (Å²) in [7, 11) is 0. The van der Waals surface area contributed by atoms with Crippen molar-refractivity contribution in [2.75, 3.05) is 0 Å². The number of rotatable bonds is 5. The van der Waals surface area contributed by atoms with Crippen molar-refractivity contribution in [1.82, 2.24) is 4.98 Å². The fraction of sp³-hybridized carbons (Fsp3) is 0.130. The summed E-state index contributed by atoms with van der Waals surface area (Å²) in [6.45, 7) is 4.28. The number of benzene rings is 2. The Morgan fingerprint density at radius 1 is 0.893 bits per heavy atom. The van der Waals surface area contributed by atoms with E-state index in [1.165, 1.54) is 22.5 Å². The number of ether oxygens (including phenoxy) is 1. The second-order valence-electron chi connectivity index (χ2n) is 6.62. The van der Waals surface area contributed by atoms with Gasteiger partial charge in [0.15, 0.2) is 0 Å². The lowest BCUT2D eigenvalue weighted by Gasteiger charge is -2.05. The number of thiazole rings is 1. The van der Waals surface area contributed by atoms with E-state index in [0.29, 0.717) is 4.88 Å². The molecule has 0 N–H and O–H groups in total. The average Bonchev–Trinajstić information content (AvgIpc) is 3.37. The van der Waals surface area contributed by atoms with E-state index in [1.807, 2.05) is 48.0 Å². The van der Waals surface area contributed by atoms with Crippen LogP contribution in [0.1, 0.15) is 26.5 Å². The molecule has 4 aromatic rings. The van der Waals surface area contributed by atoms with Gasteiger partial charge in [-0.1, -0.05) is 59.7 Å². The van der Waals surface area contributed by atoms with Gasteiger partial charge in [0.2, 0.25) is 0 Å². The molecule has 0 fully saturated rings. The normalized spacial score (nSPS) is 10.8. The Morgan fingerprint density at radius 2 is 1.54 bits per heavy atom. The Hall–Kier alpha value is -2.76. The van der Waals surface area contributed by atoms with E-state index in [4.69, 9.17) is 4.74 Å². The van der Waals surface area contributed by atoms with Gasteiger partial charge in [0, 0.05) is 16.5 Å². The highest BCUT2D eigenvalue weighted by Crippen LogP contribution is 2.30. The van der Waals surface area contributed by atoms with E-state index >= 15 is 0 Å². The van der Waals surface area contributed by atoms with Crippen LogP contribution in [0.25, 0.3) is 21.7 Å². The fourth-order valence-electron chi connectivity index (χ4n) is 2.83. The first-order valence-corrected chi connectivity index (χ1v) is 10.7. The monoisotopic (exact) mass is 405 g/mol. The van der Waals surface area contributed by atoms with Crippen LogP contribution in [-0.4, -0.2) is 11.0 Å². The number of esters is 1. The van der Waals surface area contributed by atoms with Crippen LogP contribution >= 0.6 is 22.7 Å². The number of thiophene rings is 1. The summed E-state index contributed by atoms with van der Waals surface area (Å²) in [5.41, 5.74) is 6.18. The molecule has 2 aromatic heterocycles. The molecule has 4 rings (SSSR count). The summed E-state index contributed by atoms with van der Waals surface area (Å²) in [5, 5.41) is 4.80. The molecule has 0 saturated carbocycles. The summed E-state index contributed by atoms with van der Waals surface area (Å²) in [6, 6.07) is 18.4. The summed E-state index contributed by atoms with van der Waals surface area (Å²) in [4.78, 5) is 17.8. The Bertz CT molecular complexity index is 1090. The molecule has 0 amide bonds. The SMILES string of the molecule is Cc1ccc(-c2nc(COC(=O)c3sccc3-c3ccc(C)cc3)cs2)cc1. The van der Waals surface area contributed by atoms with Crippen molar-refractivity contribution in [2.45, 2.75) is 20.5 Å². The lowest BCUT2D eigenvalue weighted by Crippen LogP contribution is -2.04. The van der Waals surface area contributed by atoms with Crippen molar-refractivity contribution < 1.29 is 9.53 Å². The Labute approximate surface area is 172 Å².